The molecule has 0 unspecified atom stereocenters. The number of carbonyl (C=O) groups is 1. The molecule has 122 valence electrons. The number of urea groups is 1. The minimum absolute atomic E-state index is 0.0314. The summed E-state index contributed by atoms with van der Waals surface area (Å²) in [4.78, 5) is 20.7. The summed E-state index contributed by atoms with van der Waals surface area (Å²) >= 11 is 0. The lowest BCUT2D eigenvalue weighted by Gasteiger charge is -2.34. The SMILES string of the molecule is Cc1cccnc1CNC(=O)N1CCN(Cc2ccon2)CC1. The van der Waals surface area contributed by atoms with Crippen molar-refractivity contribution in [3.8, 4) is 0 Å². The summed E-state index contributed by atoms with van der Waals surface area (Å²) < 4.78 is 4.84. The Kier molecular flexibility index (Phi) is 4.87. The monoisotopic (exact) mass is 315 g/mol. The van der Waals surface area contributed by atoms with Crippen LogP contribution in [0, 0.1) is 6.92 Å². The van der Waals surface area contributed by atoms with Crippen LogP contribution in [0.2, 0.25) is 0 Å². The molecule has 1 fully saturated rings. The maximum Gasteiger partial charge on any atom is 0.317 e. The molecular weight excluding hydrogens is 294 g/mol. The second-order valence-corrected chi connectivity index (χ2v) is 5.68. The number of rotatable bonds is 4. The van der Waals surface area contributed by atoms with Crippen LogP contribution in [-0.2, 0) is 13.1 Å². The van der Waals surface area contributed by atoms with Crippen molar-refractivity contribution in [3.05, 3.63) is 47.6 Å². The zero-order valence-electron chi connectivity index (χ0n) is 13.2. The quantitative estimate of drug-likeness (QED) is 0.923. The fourth-order valence-corrected chi connectivity index (χ4v) is 2.63. The van der Waals surface area contributed by atoms with Crippen LogP contribution in [-0.4, -0.2) is 52.2 Å². The maximum absolute atomic E-state index is 12.2. The number of nitrogens with one attached hydrogen (secondary N) is 1. The van der Waals surface area contributed by atoms with Gasteiger partial charge in [-0.3, -0.25) is 9.88 Å². The van der Waals surface area contributed by atoms with Gasteiger partial charge in [-0.15, -0.1) is 0 Å². The Bertz CT molecular complexity index is 636. The summed E-state index contributed by atoms with van der Waals surface area (Å²) in [7, 11) is 0. The number of piperazine rings is 1. The number of aryl methyl sites for hydroxylation is 1. The standard InChI is InChI=1S/C16H21N5O2/c1-13-3-2-5-17-15(13)11-18-16(22)21-8-6-20(7-9-21)12-14-4-10-23-19-14/h2-5,10H,6-9,11-12H2,1H3,(H,18,22). The number of nitrogens with zero attached hydrogens (tertiary/aromatic N) is 4. The molecule has 1 N–H and O–H groups in total. The van der Waals surface area contributed by atoms with Crippen molar-refractivity contribution in [2.24, 2.45) is 0 Å². The van der Waals surface area contributed by atoms with E-state index in [0.29, 0.717) is 19.6 Å². The molecular formula is C16H21N5O2. The van der Waals surface area contributed by atoms with E-state index in [0.717, 1.165) is 36.6 Å². The number of hydrogen-bond donors (Lipinski definition) is 1. The van der Waals surface area contributed by atoms with E-state index in [1.54, 1.807) is 12.5 Å². The molecule has 0 bridgehead atoms. The van der Waals surface area contributed by atoms with Gasteiger partial charge in [0, 0.05) is 45.0 Å². The molecule has 2 aromatic heterocycles. The Morgan fingerprint density at radius 1 is 1.30 bits per heavy atom. The van der Waals surface area contributed by atoms with Crippen molar-refractivity contribution in [2.45, 2.75) is 20.0 Å². The molecule has 0 spiro atoms. The van der Waals surface area contributed by atoms with Crippen molar-refractivity contribution in [3.63, 3.8) is 0 Å². The first-order valence-electron chi connectivity index (χ1n) is 7.77. The molecule has 7 nitrogen and oxygen atoms in total. The number of hydrogen-bond acceptors (Lipinski definition) is 5. The van der Waals surface area contributed by atoms with E-state index in [4.69, 9.17) is 4.52 Å². The highest BCUT2D eigenvalue weighted by atomic mass is 16.5. The first kappa shape index (κ1) is 15.5. The van der Waals surface area contributed by atoms with Gasteiger partial charge in [-0.2, -0.15) is 0 Å². The maximum atomic E-state index is 12.2. The molecule has 2 aromatic rings. The molecule has 0 aromatic carbocycles. The molecule has 1 aliphatic rings. The minimum atomic E-state index is -0.0314. The van der Waals surface area contributed by atoms with Crippen LogP contribution >= 0.6 is 0 Å². The molecule has 0 atom stereocenters. The van der Waals surface area contributed by atoms with E-state index in [1.165, 1.54) is 0 Å². The highest BCUT2D eigenvalue weighted by Gasteiger charge is 2.21. The van der Waals surface area contributed by atoms with Gasteiger partial charge in [0.2, 0.25) is 0 Å². The summed E-state index contributed by atoms with van der Waals surface area (Å²) in [5.41, 5.74) is 2.92. The van der Waals surface area contributed by atoms with Crippen LogP contribution in [0.5, 0.6) is 0 Å². The first-order valence-corrected chi connectivity index (χ1v) is 7.77. The van der Waals surface area contributed by atoms with Gasteiger partial charge in [0.15, 0.2) is 0 Å². The average Bonchev–Trinajstić information content (AvgIpc) is 3.07. The molecule has 1 aliphatic heterocycles. The molecule has 7 heteroatoms. The van der Waals surface area contributed by atoms with Crippen molar-refractivity contribution < 1.29 is 9.32 Å². The lowest BCUT2D eigenvalue weighted by molar-refractivity contribution is 0.133. The number of carbonyl (C=O) groups excluding carboxylic acids is 1. The van der Waals surface area contributed by atoms with Crippen LogP contribution in [0.25, 0.3) is 0 Å². The summed E-state index contributed by atoms with van der Waals surface area (Å²) in [6, 6.07) is 5.73. The number of pyridine rings is 1. The number of amides is 2. The van der Waals surface area contributed by atoms with Gasteiger partial charge in [0.05, 0.1) is 17.9 Å². The Labute approximate surface area is 135 Å². The van der Waals surface area contributed by atoms with Gasteiger partial charge in [-0.25, -0.2) is 4.79 Å². The Morgan fingerprint density at radius 3 is 2.83 bits per heavy atom. The molecule has 1 saturated heterocycles. The zero-order chi connectivity index (χ0) is 16.1. The van der Waals surface area contributed by atoms with Crippen LogP contribution < -0.4 is 5.32 Å². The van der Waals surface area contributed by atoms with Crippen molar-refractivity contribution in [1.29, 1.82) is 0 Å². The fourth-order valence-electron chi connectivity index (χ4n) is 2.63. The number of aromatic nitrogens is 2. The topological polar surface area (TPSA) is 74.5 Å². The first-order chi connectivity index (χ1) is 11.2. The predicted molar refractivity (Wildman–Crippen MR) is 84.6 cm³/mol. The summed E-state index contributed by atoms with van der Waals surface area (Å²) in [6.07, 6.45) is 3.33. The van der Waals surface area contributed by atoms with E-state index in [-0.39, 0.29) is 6.03 Å². The van der Waals surface area contributed by atoms with E-state index >= 15 is 0 Å². The van der Waals surface area contributed by atoms with Crippen LogP contribution in [0.15, 0.2) is 35.2 Å². The van der Waals surface area contributed by atoms with Crippen LogP contribution in [0.1, 0.15) is 17.0 Å². The third-order valence-corrected chi connectivity index (χ3v) is 4.06. The summed E-state index contributed by atoms with van der Waals surface area (Å²) in [6.45, 7) is 6.32. The van der Waals surface area contributed by atoms with Gasteiger partial charge in [0.1, 0.15) is 6.26 Å². The summed E-state index contributed by atoms with van der Waals surface area (Å²) in [5, 5.41) is 6.87. The molecule has 2 amide bonds. The highest BCUT2D eigenvalue weighted by molar-refractivity contribution is 5.74. The smallest absolute Gasteiger partial charge is 0.317 e. The lowest BCUT2D eigenvalue weighted by Crippen LogP contribution is -2.51. The van der Waals surface area contributed by atoms with Crippen molar-refractivity contribution in [2.75, 3.05) is 26.2 Å². The fraction of sp³-hybridized carbons (Fsp3) is 0.438. The van der Waals surface area contributed by atoms with Gasteiger partial charge in [-0.05, 0) is 18.6 Å². The Hall–Kier alpha value is -2.41. The largest absolute Gasteiger partial charge is 0.364 e. The average molecular weight is 315 g/mol. The van der Waals surface area contributed by atoms with Gasteiger partial charge in [-0.1, -0.05) is 11.2 Å². The molecule has 3 heterocycles. The third-order valence-electron chi connectivity index (χ3n) is 4.06. The van der Waals surface area contributed by atoms with Crippen LogP contribution in [0.3, 0.4) is 0 Å². The zero-order valence-corrected chi connectivity index (χ0v) is 13.2. The lowest BCUT2D eigenvalue weighted by atomic mass is 10.2. The van der Waals surface area contributed by atoms with Crippen molar-refractivity contribution >= 4 is 6.03 Å². The van der Waals surface area contributed by atoms with Crippen LogP contribution in [0.4, 0.5) is 4.79 Å². The van der Waals surface area contributed by atoms with E-state index in [9.17, 15) is 4.79 Å². The molecule has 23 heavy (non-hydrogen) atoms. The Morgan fingerprint density at radius 2 is 2.13 bits per heavy atom. The van der Waals surface area contributed by atoms with Gasteiger partial charge in [0.25, 0.3) is 0 Å². The van der Waals surface area contributed by atoms with E-state index in [1.807, 2.05) is 30.0 Å². The van der Waals surface area contributed by atoms with E-state index < -0.39 is 0 Å². The van der Waals surface area contributed by atoms with Gasteiger partial charge >= 0.3 is 6.03 Å². The summed E-state index contributed by atoms with van der Waals surface area (Å²) in [5.74, 6) is 0. The molecule has 0 aliphatic carbocycles. The predicted octanol–water partition coefficient (Wildman–Crippen LogP) is 1.41. The second kappa shape index (κ2) is 7.23. The second-order valence-electron chi connectivity index (χ2n) is 5.68. The molecule has 3 rings (SSSR count). The molecule has 0 radical (unpaired) electrons. The normalized spacial score (nSPS) is 15.6. The van der Waals surface area contributed by atoms with Crippen molar-refractivity contribution in [1.82, 2.24) is 25.3 Å². The Balaban J connectivity index is 1.44. The van der Waals surface area contributed by atoms with Gasteiger partial charge < -0.3 is 14.7 Å². The van der Waals surface area contributed by atoms with E-state index in [2.05, 4.69) is 20.4 Å². The highest BCUT2D eigenvalue weighted by Crippen LogP contribution is 2.08. The minimum Gasteiger partial charge on any atom is -0.364 e. The third kappa shape index (κ3) is 4.07. The molecule has 0 saturated carbocycles.